The standard InChI is InChI=1S/C20H23ClN4O2/c21-17-5-1-16(2-6-17)14-23-20(27)24-18-7-3-15(4-8-18)13-19(26)25-11-9-22-10-12-25/h1-8,22H,9-14H2,(H2,23,24,27). The van der Waals surface area contributed by atoms with Gasteiger partial charge >= 0.3 is 6.03 Å². The van der Waals surface area contributed by atoms with Crippen LogP contribution < -0.4 is 16.0 Å². The predicted molar refractivity (Wildman–Crippen MR) is 107 cm³/mol. The predicted octanol–water partition coefficient (Wildman–Crippen LogP) is 2.64. The van der Waals surface area contributed by atoms with Crippen molar-refractivity contribution in [1.82, 2.24) is 15.5 Å². The molecule has 3 rings (SSSR count). The highest BCUT2D eigenvalue weighted by atomic mass is 35.5. The van der Waals surface area contributed by atoms with Gasteiger partial charge in [0.1, 0.15) is 0 Å². The largest absolute Gasteiger partial charge is 0.340 e. The van der Waals surface area contributed by atoms with Crippen molar-refractivity contribution in [1.29, 1.82) is 0 Å². The second-order valence-electron chi connectivity index (χ2n) is 6.44. The zero-order chi connectivity index (χ0) is 19.1. The lowest BCUT2D eigenvalue weighted by Crippen LogP contribution is -2.46. The summed E-state index contributed by atoms with van der Waals surface area (Å²) < 4.78 is 0. The molecule has 0 unspecified atom stereocenters. The van der Waals surface area contributed by atoms with Crippen LogP contribution in [0.4, 0.5) is 10.5 Å². The number of rotatable bonds is 5. The first-order chi connectivity index (χ1) is 13.1. The number of anilines is 1. The number of piperazine rings is 1. The van der Waals surface area contributed by atoms with Crippen LogP contribution in [0.3, 0.4) is 0 Å². The van der Waals surface area contributed by atoms with E-state index in [0.29, 0.717) is 23.7 Å². The third-order valence-electron chi connectivity index (χ3n) is 4.40. The van der Waals surface area contributed by atoms with Crippen LogP contribution in [0.2, 0.25) is 5.02 Å². The van der Waals surface area contributed by atoms with Crippen molar-refractivity contribution in [3.8, 4) is 0 Å². The Morgan fingerprint density at radius 3 is 2.26 bits per heavy atom. The number of hydrogen-bond acceptors (Lipinski definition) is 3. The summed E-state index contributed by atoms with van der Waals surface area (Å²) in [6.07, 6.45) is 0.378. The van der Waals surface area contributed by atoms with Gasteiger partial charge in [-0.05, 0) is 35.4 Å². The molecule has 0 spiro atoms. The Labute approximate surface area is 163 Å². The highest BCUT2D eigenvalue weighted by Crippen LogP contribution is 2.12. The maximum Gasteiger partial charge on any atom is 0.319 e. The minimum atomic E-state index is -0.283. The Morgan fingerprint density at radius 2 is 1.59 bits per heavy atom. The molecule has 6 nitrogen and oxygen atoms in total. The number of nitrogens with zero attached hydrogens (tertiary/aromatic N) is 1. The van der Waals surface area contributed by atoms with Gasteiger partial charge in [0.15, 0.2) is 0 Å². The normalized spacial score (nSPS) is 13.9. The summed E-state index contributed by atoms with van der Waals surface area (Å²) >= 11 is 5.84. The van der Waals surface area contributed by atoms with E-state index in [1.165, 1.54) is 0 Å². The van der Waals surface area contributed by atoms with Crippen LogP contribution in [0.25, 0.3) is 0 Å². The number of halogens is 1. The summed E-state index contributed by atoms with van der Waals surface area (Å²) in [4.78, 5) is 26.2. The Balaban J connectivity index is 1.45. The summed E-state index contributed by atoms with van der Waals surface area (Å²) in [5.74, 6) is 0.137. The molecule has 142 valence electrons. The fraction of sp³-hybridized carbons (Fsp3) is 0.300. The van der Waals surface area contributed by atoms with Crippen molar-refractivity contribution in [2.24, 2.45) is 0 Å². The highest BCUT2D eigenvalue weighted by Gasteiger charge is 2.16. The fourth-order valence-corrected chi connectivity index (χ4v) is 2.99. The van der Waals surface area contributed by atoms with Gasteiger partial charge in [-0.2, -0.15) is 0 Å². The van der Waals surface area contributed by atoms with Gasteiger partial charge in [0, 0.05) is 43.4 Å². The Bertz CT molecular complexity index is 772. The first kappa shape index (κ1) is 19.2. The van der Waals surface area contributed by atoms with Gasteiger partial charge < -0.3 is 20.9 Å². The molecule has 27 heavy (non-hydrogen) atoms. The maximum atomic E-state index is 12.3. The van der Waals surface area contributed by atoms with Crippen LogP contribution >= 0.6 is 11.6 Å². The summed E-state index contributed by atoms with van der Waals surface area (Å²) in [5, 5.41) is 9.49. The smallest absolute Gasteiger partial charge is 0.319 e. The first-order valence-electron chi connectivity index (χ1n) is 8.97. The van der Waals surface area contributed by atoms with Crippen molar-refractivity contribution < 1.29 is 9.59 Å². The quantitative estimate of drug-likeness (QED) is 0.739. The van der Waals surface area contributed by atoms with Gasteiger partial charge in [-0.15, -0.1) is 0 Å². The van der Waals surface area contributed by atoms with Crippen molar-refractivity contribution in [3.05, 3.63) is 64.7 Å². The van der Waals surface area contributed by atoms with Crippen molar-refractivity contribution in [2.75, 3.05) is 31.5 Å². The Hall–Kier alpha value is -2.57. The van der Waals surface area contributed by atoms with E-state index in [4.69, 9.17) is 11.6 Å². The summed E-state index contributed by atoms with van der Waals surface area (Å²) in [7, 11) is 0. The lowest BCUT2D eigenvalue weighted by molar-refractivity contribution is -0.131. The molecule has 1 heterocycles. The van der Waals surface area contributed by atoms with E-state index in [-0.39, 0.29) is 11.9 Å². The van der Waals surface area contributed by atoms with Crippen molar-refractivity contribution >= 4 is 29.2 Å². The van der Waals surface area contributed by atoms with Gasteiger partial charge in [0.05, 0.1) is 6.42 Å². The average Bonchev–Trinajstić information content (AvgIpc) is 2.70. The SMILES string of the molecule is O=C(NCc1ccc(Cl)cc1)Nc1ccc(CC(=O)N2CCNCC2)cc1. The number of nitrogens with one attached hydrogen (secondary N) is 3. The van der Waals surface area contributed by atoms with E-state index in [1.54, 1.807) is 12.1 Å². The van der Waals surface area contributed by atoms with E-state index in [2.05, 4.69) is 16.0 Å². The third kappa shape index (κ3) is 5.98. The number of benzene rings is 2. The molecular weight excluding hydrogens is 364 g/mol. The van der Waals surface area contributed by atoms with Gasteiger partial charge in [-0.25, -0.2) is 4.79 Å². The lowest BCUT2D eigenvalue weighted by atomic mass is 10.1. The van der Waals surface area contributed by atoms with E-state index < -0.39 is 0 Å². The number of amides is 3. The first-order valence-corrected chi connectivity index (χ1v) is 9.35. The monoisotopic (exact) mass is 386 g/mol. The van der Waals surface area contributed by atoms with Crippen LogP contribution in [0.1, 0.15) is 11.1 Å². The highest BCUT2D eigenvalue weighted by molar-refractivity contribution is 6.30. The summed E-state index contributed by atoms with van der Waals surface area (Å²) in [6, 6.07) is 14.4. The molecule has 1 aliphatic rings. The van der Waals surface area contributed by atoms with Gasteiger partial charge in [0.25, 0.3) is 0 Å². The average molecular weight is 387 g/mol. The molecule has 0 aliphatic carbocycles. The fourth-order valence-electron chi connectivity index (χ4n) is 2.87. The summed E-state index contributed by atoms with van der Waals surface area (Å²) in [5.41, 5.74) is 2.59. The molecule has 1 aliphatic heterocycles. The van der Waals surface area contributed by atoms with E-state index in [1.807, 2.05) is 41.3 Å². The van der Waals surface area contributed by atoms with E-state index >= 15 is 0 Å². The molecule has 0 bridgehead atoms. The molecule has 7 heteroatoms. The maximum absolute atomic E-state index is 12.3. The molecule has 1 saturated heterocycles. The Morgan fingerprint density at radius 1 is 0.963 bits per heavy atom. The van der Waals surface area contributed by atoms with E-state index in [0.717, 1.165) is 37.3 Å². The molecule has 0 aromatic heterocycles. The van der Waals surface area contributed by atoms with Crippen LogP contribution in [0, 0.1) is 0 Å². The number of urea groups is 1. The molecular formula is C20H23ClN4O2. The zero-order valence-electron chi connectivity index (χ0n) is 15.0. The molecule has 3 amide bonds. The number of hydrogen-bond donors (Lipinski definition) is 3. The second-order valence-corrected chi connectivity index (χ2v) is 6.88. The third-order valence-corrected chi connectivity index (χ3v) is 4.66. The molecule has 2 aromatic carbocycles. The molecule has 0 saturated carbocycles. The summed E-state index contributed by atoms with van der Waals surface area (Å²) in [6.45, 7) is 3.62. The van der Waals surface area contributed by atoms with Gasteiger partial charge in [0.2, 0.25) is 5.91 Å². The topological polar surface area (TPSA) is 73.5 Å². The van der Waals surface area contributed by atoms with Crippen molar-refractivity contribution in [2.45, 2.75) is 13.0 Å². The second kappa shape index (κ2) is 9.39. The number of carbonyl (C=O) groups is 2. The Kier molecular flexibility index (Phi) is 6.68. The molecule has 1 fully saturated rings. The minimum Gasteiger partial charge on any atom is -0.340 e. The molecule has 0 radical (unpaired) electrons. The van der Waals surface area contributed by atoms with Crippen LogP contribution in [-0.2, 0) is 17.8 Å². The lowest BCUT2D eigenvalue weighted by Gasteiger charge is -2.27. The molecule has 3 N–H and O–H groups in total. The van der Waals surface area contributed by atoms with Gasteiger partial charge in [-0.1, -0.05) is 35.9 Å². The van der Waals surface area contributed by atoms with Crippen LogP contribution in [0.5, 0.6) is 0 Å². The van der Waals surface area contributed by atoms with Crippen molar-refractivity contribution in [3.63, 3.8) is 0 Å². The molecule has 2 aromatic rings. The minimum absolute atomic E-state index is 0.137. The zero-order valence-corrected chi connectivity index (χ0v) is 15.8. The number of carbonyl (C=O) groups excluding carboxylic acids is 2. The van der Waals surface area contributed by atoms with E-state index in [9.17, 15) is 9.59 Å². The molecule has 0 atom stereocenters. The van der Waals surface area contributed by atoms with Crippen LogP contribution in [-0.4, -0.2) is 43.0 Å². The van der Waals surface area contributed by atoms with Crippen LogP contribution in [0.15, 0.2) is 48.5 Å². The van der Waals surface area contributed by atoms with Gasteiger partial charge in [-0.3, -0.25) is 4.79 Å².